The van der Waals surface area contributed by atoms with Crippen molar-refractivity contribution in [3.8, 4) is 0 Å². The van der Waals surface area contributed by atoms with Crippen LogP contribution in [0.15, 0.2) is 23.0 Å². The molecule has 2 aromatic heterocycles. The van der Waals surface area contributed by atoms with Gasteiger partial charge in [-0.3, -0.25) is 0 Å². The molecule has 1 unspecified atom stereocenters. The standard InChI is InChI=1S/C13H18N6S/c1-18(8-12-9-20-10-14-12)13-15-16-17-19(13)7-11-5-3-2-4-6-11/h2-3,9-11H,4-8H2,1H3. The molecule has 0 amide bonds. The number of allylic oxidation sites excluding steroid dienone is 2. The zero-order valence-electron chi connectivity index (χ0n) is 11.5. The zero-order valence-corrected chi connectivity index (χ0v) is 12.3. The highest BCUT2D eigenvalue weighted by atomic mass is 32.1. The molecule has 0 saturated carbocycles. The fourth-order valence-electron chi connectivity index (χ4n) is 2.49. The van der Waals surface area contributed by atoms with Crippen LogP contribution in [-0.4, -0.2) is 32.2 Å². The summed E-state index contributed by atoms with van der Waals surface area (Å²) in [6.45, 7) is 1.61. The molecule has 3 rings (SSSR count). The molecule has 7 heteroatoms. The second-order valence-electron chi connectivity index (χ2n) is 5.15. The molecule has 0 bridgehead atoms. The fourth-order valence-corrected chi connectivity index (χ4v) is 3.04. The van der Waals surface area contributed by atoms with Crippen LogP contribution in [0.2, 0.25) is 0 Å². The highest BCUT2D eigenvalue weighted by molar-refractivity contribution is 7.07. The van der Waals surface area contributed by atoms with Gasteiger partial charge in [0.05, 0.1) is 17.7 Å². The first-order valence-electron chi connectivity index (χ1n) is 6.82. The Morgan fingerprint density at radius 3 is 3.15 bits per heavy atom. The number of hydrogen-bond donors (Lipinski definition) is 0. The van der Waals surface area contributed by atoms with E-state index in [4.69, 9.17) is 0 Å². The van der Waals surface area contributed by atoms with Gasteiger partial charge < -0.3 is 4.90 Å². The SMILES string of the molecule is CN(Cc1cscn1)c1nnnn1CC1CC=CCC1. The summed E-state index contributed by atoms with van der Waals surface area (Å²) in [6, 6.07) is 0. The van der Waals surface area contributed by atoms with Gasteiger partial charge in [-0.2, -0.15) is 0 Å². The molecule has 0 fully saturated rings. The Kier molecular flexibility index (Phi) is 4.05. The van der Waals surface area contributed by atoms with Crippen molar-refractivity contribution in [2.45, 2.75) is 32.4 Å². The van der Waals surface area contributed by atoms with Crippen molar-refractivity contribution in [3.63, 3.8) is 0 Å². The summed E-state index contributed by atoms with van der Waals surface area (Å²) < 4.78 is 1.91. The van der Waals surface area contributed by atoms with E-state index in [1.165, 1.54) is 6.42 Å². The summed E-state index contributed by atoms with van der Waals surface area (Å²) in [5.74, 6) is 1.45. The minimum Gasteiger partial charge on any atom is -0.337 e. The van der Waals surface area contributed by atoms with E-state index >= 15 is 0 Å². The van der Waals surface area contributed by atoms with Gasteiger partial charge in [-0.05, 0) is 35.6 Å². The summed E-state index contributed by atoms with van der Waals surface area (Å²) in [6.07, 6.45) is 8.01. The molecule has 0 N–H and O–H groups in total. The second-order valence-corrected chi connectivity index (χ2v) is 5.87. The fraction of sp³-hybridized carbons (Fsp3) is 0.538. The third kappa shape index (κ3) is 3.04. The predicted molar refractivity (Wildman–Crippen MR) is 78.5 cm³/mol. The number of tetrazole rings is 1. The van der Waals surface area contributed by atoms with E-state index < -0.39 is 0 Å². The van der Waals surface area contributed by atoms with E-state index in [9.17, 15) is 0 Å². The average Bonchev–Trinajstić information content (AvgIpc) is 3.11. The van der Waals surface area contributed by atoms with Gasteiger partial charge in [-0.1, -0.05) is 17.3 Å². The van der Waals surface area contributed by atoms with Crippen LogP contribution < -0.4 is 4.90 Å². The molecule has 106 valence electrons. The van der Waals surface area contributed by atoms with Crippen molar-refractivity contribution in [1.29, 1.82) is 0 Å². The number of anilines is 1. The maximum atomic E-state index is 4.30. The maximum Gasteiger partial charge on any atom is 0.245 e. The Labute approximate surface area is 122 Å². The van der Waals surface area contributed by atoms with Crippen LogP contribution in [0, 0.1) is 5.92 Å². The van der Waals surface area contributed by atoms with Gasteiger partial charge in [0.15, 0.2) is 0 Å². The summed E-state index contributed by atoms with van der Waals surface area (Å²) >= 11 is 1.61. The molecule has 0 aliphatic heterocycles. The first-order valence-corrected chi connectivity index (χ1v) is 7.76. The molecule has 0 radical (unpaired) electrons. The molecule has 1 aliphatic carbocycles. The van der Waals surface area contributed by atoms with Gasteiger partial charge in [-0.15, -0.1) is 11.3 Å². The van der Waals surface area contributed by atoms with Crippen molar-refractivity contribution < 1.29 is 0 Å². The Balaban J connectivity index is 1.67. The van der Waals surface area contributed by atoms with Gasteiger partial charge >= 0.3 is 0 Å². The second kappa shape index (κ2) is 6.13. The molecular weight excluding hydrogens is 272 g/mol. The highest BCUT2D eigenvalue weighted by Crippen LogP contribution is 2.21. The van der Waals surface area contributed by atoms with Crippen LogP contribution in [0.3, 0.4) is 0 Å². The molecule has 1 aliphatic rings. The van der Waals surface area contributed by atoms with Crippen LogP contribution >= 0.6 is 11.3 Å². The minimum absolute atomic E-state index is 0.634. The Morgan fingerprint density at radius 2 is 2.40 bits per heavy atom. The first kappa shape index (κ1) is 13.2. The lowest BCUT2D eigenvalue weighted by Crippen LogP contribution is -2.23. The van der Waals surface area contributed by atoms with Gasteiger partial charge in [0.25, 0.3) is 0 Å². The summed E-state index contributed by atoms with van der Waals surface area (Å²) in [7, 11) is 2.00. The third-order valence-electron chi connectivity index (χ3n) is 3.55. The van der Waals surface area contributed by atoms with Crippen molar-refractivity contribution in [3.05, 3.63) is 28.7 Å². The maximum absolute atomic E-state index is 4.30. The zero-order chi connectivity index (χ0) is 13.8. The van der Waals surface area contributed by atoms with E-state index in [2.05, 4.69) is 38.0 Å². The molecule has 20 heavy (non-hydrogen) atoms. The molecule has 2 heterocycles. The summed E-state index contributed by atoms with van der Waals surface area (Å²) in [4.78, 5) is 6.35. The van der Waals surface area contributed by atoms with E-state index in [0.717, 1.165) is 37.6 Å². The molecule has 0 aromatic carbocycles. The summed E-state index contributed by atoms with van der Waals surface area (Å²) in [5, 5.41) is 14.2. The van der Waals surface area contributed by atoms with Crippen LogP contribution in [0.5, 0.6) is 0 Å². The average molecular weight is 290 g/mol. The summed E-state index contributed by atoms with van der Waals surface area (Å²) in [5.41, 5.74) is 2.90. The topological polar surface area (TPSA) is 59.7 Å². The number of aromatic nitrogens is 5. The quantitative estimate of drug-likeness (QED) is 0.789. The van der Waals surface area contributed by atoms with E-state index in [1.807, 2.05) is 22.1 Å². The lowest BCUT2D eigenvalue weighted by atomic mass is 9.94. The number of thiazole rings is 1. The highest BCUT2D eigenvalue weighted by Gasteiger charge is 2.17. The van der Waals surface area contributed by atoms with E-state index in [1.54, 1.807) is 11.3 Å². The molecular formula is C13H18N6S. The van der Waals surface area contributed by atoms with Gasteiger partial charge in [0.2, 0.25) is 5.95 Å². The lowest BCUT2D eigenvalue weighted by Gasteiger charge is -2.21. The third-order valence-corrected chi connectivity index (χ3v) is 4.18. The lowest BCUT2D eigenvalue weighted by molar-refractivity contribution is 0.384. The van der Waals surface area contributed by atoms with E-state index in [-0.39, 0.29) is 0 Å². The molecule has 2 aromatic rings. The molecule has 1 atom stereocenters. The number of hydrogen-bond acceptors (Lipinski definition) is 6. The Morgan fingerprint density at radius 1 is 1.45 bits per heavy atom. The predicted octanol–water partition coefficient (Wildman–Crippen LogP) is 2.12. The largest absolute Gasteiger partial charge is 0.337 e. The van der Waals surface area contributed by atoms with Crippen molar-refractivity contribution in [1.82, 2.24) is 25.2 Å². The van der Waals surface area contributed by atoms with Crippen LogP contribution in [0.1, 0.15) is 25.0 Å². The number of nitrogens with zero attached hydrogens (tertiary/aromatic N) is 6. The molecule has 0 spiro atoms. The van der Waals surface area contributed by atoms with Gasteiger partial charge in [-0.25, -0.2) is 9.67 Å². The molecule has 6 nitrogen and oxygen atoms in total. The normalized spacial score (nSPS) is 18.4. The van der Waals surface area contributed by atoms with Crippen LogP contribution in [-0.2, 0) is 13.1 Å². The van der Waals surface area contributed by atoms with Gasteiger partial charge in [0, 0.05) is 19.0 Å². The minimum atomic E-state index is 0.634. The van der Waals surface area contributed by atoms with Crippen LogP contribution in [0.4, 0.5) is 5.95 Å². The first-order chi connectivity index (χ1) is 9.83. The Bertz CT molecular complexity index is 561. The van der Waals surface area contributed by atoms with Crippen molar-refractivity contribution in [2.75, 3.05) is 11.9 Å². The monoisotopic (exact) mass is 290 g/mol. The Hall–Kier alpha value is -1.76. The van der Waals surface area contributed by atoms with Crippen LogP contribution in [0.25, 0.3) is 0 Å². The van der Waals surface area contributed by atoms with Crippen molar-refractivity contribution in [2.24, 2.45) is 5.92 Å². The molecule has 0 saturated heterocycles. The van der Waals surface area contributed by atoms with Gasteiger partial charge in [0.1, 0.15) is 0 Å². The smallest absolute Gasteiger partial charge is 0.245 e. The number of rotatable bonds is 5. The van der Waals surface area contributed by atoms with Crippen molar-refractivity contribution >= 4 is 17.3 Å². The van der Waals surface area contributed by atoms with E-state index in [0.29, 0.717) is 5.92 Å².